The fraction of sp³-hybridized carbons (Fsp3) is 0.571. The topological polar surface area (TPSA) is 66.6 Å². The number of amides is 1. The summed E-state index contributed by atoms with van der Waals surface area (Å²) in [6.07, 6.45) is 1.70. The number of likely N-dealkylation sites (tertiary alicyclic amines) is 1. The zero-order valence-electron chi connectivity index (χ0n) is 6.86. The second-order valence-corrected chi connectivity index (χ2v) is 2.88. The minimum atomic E-state index is -0.275. The zero-order chi connectivity index (χ0) is 9.14. The van der Waals surface area contributed by atoms with Crippen molar-refractivity contribution in [3.05, 3.63) is 12.3 Å². The summed E-state index contributed by atoms with van der Waals surface area (Å²) in [7, 11) is 1.04. The summed E-state index contributed by atoms with van der Waals surface area (Å²) in [4.78, 5) is 12.8. The minimum Gasteiger partial charge on any atom is -0.452 e. The van der Waals surface area contributed by atoms with E-state index >= 15 is 0 Å². The molecular weight excluding hydrogens is 155 g/mol. The van der Waals surface area contributed by atoms with Crippen molar-refractivity contribution in [2.75, 3.05) is 6.54 Å². The predicted octanol–water partition coefficient (Wildman–Crippen LogP) is -0.981. The fourth-order valence-corrected chi connectivity index (χ4v) is 1.38. The molecule has 1 radical (unpaired) electrons. The van der Waals surface area contributed by atoms with E-state index in [0.717, 1.165) is 20.3 Å². The Morgan fingerprint density at radius 3 is 2.92 bits per heavy atom. The third-order valence-electron chi connectivity index (χ3n) is 2.01. The molecule has 0 bridgehead atoms. The minimum absolute atomic E-state index is 0.0312. The van der Waals surface area contributed by atoms with Crippen LogP contribution < -0.4 is 5.73 Å². The van der Waals surface area contributed by atoms with Gasteiger partial charge in [-0.3, -0.25) is 4.79 Å². The van der Waals surface area contributed by atoms with Gasteiger partial charge in [0.15, 0.2) is 0 Å². The van der Waals surface area contributed by atoms with Gasteiger partial charge < -0.3 is 15.7 Å². The molecule has 1 saturated heterocycles. The Kier molecular flexibility index (Phi) is 2.76. The highest BCUT2D eigenvalue weighted by Crippen LogP contribution is 2.16. The average molecular weight is 167 g/mol. The Morgan fingerprint density at radius 1 is 1.75 bits per heavy atom. The molecule has 1 rings (SSSR count). The normalized spacial score (nSPS) is 22.4. The van der Waals surface area contributed by atoms with E-state index in [0.29, 0.717) is 6.54 Å². The molecule has 1 atom stereocenters. The first kappa shape index (κ1) is 9.13. The van der Waals surface area contributed by atoms with Crippen LogP contribution in [0, 0.1) is 0 Å². The maximum Gasteiger partial charge on any atom is 0.312 e. The second-order valence-electron chi connectivity index (χ2n) is 2.88. The summed E-state index contributed by atoms with van der Waals surface area (Å²) in [6, 6.07) is 0. The molecule has 1 fully saturated rings. The average Bonchev–Trinajstić information content (AvgIpc) is 2.49. The molecule has 0 unspecified atom stereocenters. The lowest BCUT2D eigenvalue weighted by atomic mass is 9.86. The largest absolute Gasteiger partial charge is 0.452 e. The van der Waals surface area contributed by atoms with Gasteiger partial charge in [-0.25, -0.2) is 0 Å². The van der Waals surface area contributed by atoms with Gasteiger partial charge in [0.2, 0.25) is 0 Å². The van der Waals surface area contributed by atoms with Crippen molar-refractivity contribution in [1.29, 1.82) is 0 Å². The summed E-state index contributed by atoms with van der Waals surface area (Å²) in [5.41, 5.74) is 5.28. The Hall–Kier alpha value is -0.965. The van der Waals surface area contributed by atoms with Gasteiger partial charge in [0.05, 0.1) is 5.70 Å². The van der Waals surface area contributed by atoms with Gasteiger partial charge in [0.25, 0.3) is 5.91 Å². The first-order valence-corrected chi connectivity index (χ1v) is 3.89. The third kappa shape index (κ3) is 1.61. The Balaban J connectivity index is 2.61. The van der Waals surface area contributed by atoms with Crippen LogP contribution in [0.3, 0.4) is 0 Å². The van der Waals surface area contributed by atoms with Crippen molar-refractivity contribution in [1.82, 2.24) is 4.90 Å². The van der Waals surface area contributed by atoms with Crippen molar-refractivity contribution in [3.63, 3.8) is 0 Å². The molecule has 12 heavy (non-hydrogen) atoms. The van der Waals surface area contributed by atoms with Crippen LogP contribution in [0.2, 0.25) is 0 Å². The van der Waals surface area contributed by atoms with Gasteiger partial charge in [-0.15, -0.1) is 0 Å². The highest BCUT2D eigenvalue weighted by molar-refractivity contribution is 6.28. The van der Waals surface area contributed by atoms with E-state index in [1.54, 1.807) is 0 Å². The number of nitrogens with two attached hydrogens (primary N) is 1. The van der Waals surface area contributed by atoms with E-state index in [9.17, 15) is 4.79 Å². The molecule has 1 aliphatic heterocycles. The summed E-state index contributed by atoms with van der Waals surface area (Å²) >= 11 is 0. The Morgan fingerprint density at radius 2 is 2.42 bits per heavy atom. The summed E-state index contributed by atoms with van der Waals surface area (Å²) in [6.45, 7) is 4.01. The molecule has 0 saturated carbocycles. The molecule has 1 aliphatic rings. The van der Waals surface area contributed by atoms with Gasteiger partial charge in [0.1, 0.15) is 0 Å². The Bertz CT molecular complexity index is 208. The molecule has 4 nitrogen and oxygen atoms in total. The van der Waals surface area contributed by atoms with Gasteiger partial charge in [-0.1, -0.05) is 6.58 Å². The smallest absolute Gasteiger partial charge is 0.312 e. The molecule has 1 amide bonds. The zero-order valence-corrected chi connectivity index (χ0v) is 6.86. The molecular formula is C7H12BN2O2. The highest BCUT2D eigenvalue weighted by Gasteiger charge is 2.29. The van der Waals surface area contributed by atoms with Crippen LogP contribution in [0.25, 0.3) is 0 Å². The predicted molar refractivity (Wildman–Crippen MR) is 46.0 cm³/mol. The molecule has 0 aliphatic carbocycles. The van der Waals surface area contributed by atoms with E-state index in [1.807, 2.05) is 0 Å². The number of rotatable bonds is 2. The standard InChI is InChI=1S/C7H12BN2O2/c1-5(9)7(11)10-4-2-3-6(10)8-12/h6,12H,1-4,9H2/t6-/m0/s1. The van der Waals surface area contributed by atoms with E-state index in [-0.39, 0.29) is 17.5 Å². The van der Waals surface area contributed by atoms with Crippen molar-refractivity contribution < 1.29 is 9.82 Å². The van der Waals surface area contributed by atoms with Crippen LogP contribution in [0.15, 0.2) is 12.3 Å². The highest BCUT2D eigenvalue weighted by atomic mass is 16.2. The third-order valence-corrected chi connectivity index (χ3v) is 2.01. The Labute approximate surface area is 72.3 Å². The van der Waals surface area contributed by atoms with Crippen LogP contribution in [-0.4, -0.2) is 35.8 Å². The molecule has 1 heterocycles. The number of hydrogen-bond acceptors (Lipinski definition) is 3. The van der Waals surface area contributed by atoms with E-state index in [4.69, 9.17) is 10.8 Å². The van der Waals surface area contributed by atoms with Crippen LogP contribution >= 0.6 is 0 Å². The number of nitrogens with zero attached hydrogens (tertiary/aromatic N) is 1. The first-order valence-electron chi connectivity index (χ1n) is 3.89. The monoisotopic (exact) mass is 167 g/mol. The molecule has 0 spiro atoms. The first-order chi connectivity index (χ1) is 5.66. The van der Waals surface area contributed by atoms with E-state index < -0.39 is 0 Å². The van der Waals surface area contributed by atoms with Crippen LogP contribution in [0.5, 0.6) is 0 Å². The SMILES string of the molecule is C=C(N)C(=O)N1CCC[C@H]1[B]O. The van der Waals surface area contributed by atoms with Gasteiger partial charge in [-0.05, 0) is 12.8 Å². The van der Waals surface area contributed by atoms with Crippen LogP contribution in [0.1, 0.15) is 12.8 Å². The number of carbonyl (C=O) groups is 1. The maximum atomic E-state index is 11.3. The molecule has 65 valence electrons. The molecule has 0 aromatic carbocycles. The maximum absolute atomic E-state index is 11.3. The van der Waals surface area contributed by atoms with Crippen LogP contribution in [-0.2, 0) is 4.79 Å². The van der Waals surface area contributed by atoms with Crippen molar-refractivity contribution >= 4 is 13.4 Å². The van der Waals surface area contributed by atoms with E-state index in [1.165, 1.54) is 4.90 Å². The molecule has 5 heteroatoms. The molecule has 0 aromatic rings. The lowest BCUT2D eigenvalue weighted by Gasteiger charge is -2.21. The summed E-state index contributed by atoms with van der Waals surface area (Å²) in [5.74, 6) is -0.458. The summed E-state index contributed by atoms with van der Waals surface area (Å²) in [5, 5.41) is 8.78. The second kappa shape index (κ2) is 3.62. The van der Waals surface area contributed by atoms with Crippen molar-refractivity contribution in [2.24, 2.45) is 5.73 Å². The number of hydrogen-bond donors (Lipinski definition) is 2. The lowest BCUT2D eigenvalue weighted by Crippen LogP contribution is -2.41. The van der Waals surface area contributed by atoms with Gasteiger partial charge in [0, 0.05) is 12.5 Å². The quantitative estimate of drug-likeness (QED) is 0.410. The van der Waals surface area contributed by atoms with E-state index in [2.05, 4.69) is 6.58 Å². The summed E-state index contributed by atoms with van der Waals surface area (Å²) < 4.78 is 0. The van der Waals surface area contributed by atoms with Gasteiger partial charge >= 0.3 is 7.48 Å². The van der Waals surface area contributed by atoms with Crippen molar-refractivity contribution in [3.8, 4) is 0 Å². The van der Waals surface area contributed by atoms with Gasteiger partial charge in [-0.2, -0.15) is 0 Å². The van der Waals surface area contributed by atoms with Crippen LogP contribution in [0.4, 0.5) is 0 Å². The molecule has 0 aromatic heterocycles. The lowest BCUT2D eigenvalue weighted by molar-refractivity contribution is -0.126. The number of carbonyl (C=O) groups excluding carboxylic acids is 1. The van der Waals surface area contributed by atoms with Crippen molar-refractivity contribution in [2.45, 2.75) is 18.8 Å². The molecule has 3 N–H and O–H groups in total. The fourth-order valence-electron chi connectivity index (χ4n) is 1.38.